The molecule has 0 bridgehead atoms. The average Bonchev–Trinajstić information content (AvgIpc) is 2.90. The van der Waals surface area contributed by atoms with Crippen LogP contribution in [0.15, 0.2) is 48.5 Å². The molecule has 0 aromatic heterocycles. The molecule has 0 saturated carbocycles. The molecule has 0 unspecified atom stereocenters. The summed E-state index contributed by atoms with van der Waals surface area (Å²) in [4.78, 5) is 11.8. The Balaban J connectivity index is 1.87. The predicted molar refractivity (Wildman–Crippen MR) is 84.0 cm³/mol. The lowest BCUT2D eigenvalue weighted by atomic mass is 10.0. The van der Waals surface area contributed by atoms with Crippen molar-refractivity contribution in [2.24, 2.45) is 5.73 Å². The zero-order chi connectivity index (χ0) is 14.8. The van der Waals surface area contributed by atoms with Gasteiger partial charge in [0.1, 0.15) is 6.04 Å². The number of hydrogen-bond donors (Lipinski definition) is 2. The lowest BCUT2D eigenvalue weighted by Crippen LogP contribution is -2.35. The molecule has 108 valence electrons. The van der Waals surface area contributed by atoms with Gasteiger partial charge in [-0.05, 0) is 35.6 Å². The molecule has 0 radical (unpaired) electrons. The van der Waals surface area contributed by atoms with Gasteiger partial charge < -0.3 is 5.73 Å². The van der Waals surface area contributed by atoms with Crippen LogP contribution in [0.2, 0.25) is 5.02 Å². The van der Waals surface area contributed by atoms with Crippen molar-refractivity contribution in [1.82, 2.24) is 5.32 Å². The molecular weight excluding hydrogens is 284 g/mol. The zero-order valence-corrected chi connectivity index (χ0v) is 12.3. The van der Waals surface area contributed by atoms with E-state index in [9.17, 15) is 4.79 Å². The monoisotopic (exact) mass is 300 g/mol. The topological polar surface area (TPSA) is 55.1 Å². The van der Waals surface area contributed by atoms with E-state index in [-0.39, 0.29) is 11.9 Å². The van der Waals surface area contributed by atoms with Gasteiger partial charge in [0, 0.05) is 11.1 Å². The summed E-state index contributed by atoms with van der Waals surface area (Å²) in [5, 5.41) is 4.18. The van der Waals surface area contributed by atoms with E-state index in [1.54, 1.807) is 0 Å². The van der Waals surface area contributed by atoms with Crippen molar-refractivity contribution < 1.29 is 4.79 Å². The number of benzene rings is 2. The van der Waals surface area contributed by atoms with Gasteiger partial charge in [-0.25, -0.2) is 0 Å². The minimum absolute atomic E-state index is 0.108. The molecule has 2 aromatic carbocycles. The molecular formula is C17H17ClN2O. The summed E-state index contributed by atoms with van der Waals surface area (Å²) in [7, 11) is 0. The Morgan fingerprint density at radius 2 is 1.95 bits per heavy atom. The summed E-state index contributed by atoms with van der Waals surface area (Å²) in [6, 6.07) is 15.1. The number of amides is 1. The second-order valence-corrected chi connectivity index (χ2v) is 5.72. The van der Waals surface area contributed by atoms with E-state index in [4.69, 9.17) is 17.3 Å². The minimum atomic E-state index is -0.485. The normalized spacial score (nSPS) is 18.2. The Morgan fingerprint density at radius 3 is 2.67 bits per heavy atom. The molecule has 0 heterocycles. The van der Waals surface area contributed by atoms with Gasteiger partial charge in [0.15, 0.2) is 0 Å². The van der Waals surface area contributed by atoms with E-state index in [0.29, 0.717) is 0 Å². The van der Waals surface area contributed by atoms with Crippen LogP contribution in [-0.2, 0) is 11.2 Å². The first-order valence-corrected chi connectivity index (χ1v) is 7.42. The van der Waals surface area contributed by atoms with Crippen LogP contribution in [-0.4, -0.2) is 5.91 Å². The lowest BCUT2D eigenvalue weighted by molar-refractivity contribution is -0.120. The van der Waals surface area contributed by atoms with E-state index in [1.807, 2.05) is 42.5 Å². The number of primary amides is 1. The number of fused-ring (bicyclic) bond motifs is 1. The van der Waals surface area contributed by atoms with Crippen molar-refractivity contribution in [3.05, 3.63) is 70.2 Å². The quantitative estimate of drug-likeness (QED) is 0.911. The Kier molecular flexibility index (Phi) is 3.95. The molecule has 1 amide bonds. The number of carbonyl (C=O) groups is 1. The third-order valence-electron chi connectivity index (χ3n) is 4.00. The number of nitrogens with two attached hydrogens (primary N) is 1. The predicted octanol–water partition coefficient (Wildman–Crippen LogP) is 3.14. The Labute approximate surface area is 129 Å². The van der Waals surface area contributed by atoms with Gasteiger partial charge in [-0.3, -0.25) is 10.1 Å². The molecule has 1 aliphatic carbocycles. The van der Waals surface area contributed by atoms with Gasteiger partial charge >= 0.3 is 0 Å². The van der Waals surface area contributed by atoms with Crippen molar-refractivity contribution in [3.63, 3.8) is 0 Å². The van der Waals surface area contributed by atoms with E-state index in [0.717, 1.165) is 23.4 Å². The van der Waals surface area contributed by atoms with Gasteiger partial charge in [0.05, 0.1) is 0 Å². The van der Waals surface area contributed by atoms with Crippen LogP contribution in [0.3, 0.4) is 0 Å². The zero-order valence-electron chi connectivity index (χ0n) is 11.6. The fraction of sp³-hybridized carbons (Fsp3) is 0.235. The molecule has 3 nitrogen and oxygen atoms in total. The second kappa shape index (κ2) is 5.88. The van der Waals surface area contributed by atoms with Crippen molar-refractivity contribution in [2.75, 3.05) is 0 Å². The number of nitrogens with one attached hydrogen (secondary N) is 1. The van der Waals surface area contributed by atoms with Gasteiger partial charge in [-0.2, -0.15) is 0 Å². The van der Waals surface area contributed by atoms with Gasteiger partial charge in [-0.1, -0.05) is 54.1 Å². The molecule has 0 spiro atoms. The highest BCUT2D eigenvalue weighted by Gasteiger charge is 2.28. The highest BCUT2D eigenvalue weighted by Crippen LogP contribution is 2.36. The number of halogens is 1. The molecule has 4 heteroatoms. The fourth-order valence-corrected chi connectivity index (χ4v) is 3.25. The summed E-state index contributed by atoms with van der Waals surface area (Å²) in [6.45, 7) is 0. The van der Waals surface area contributed by atoms with Crippen LogP contribution in [0, 0.1) is 0 Å². The molecule has 0 aliphatic heterocycles. The third-order valence-corrected chi connectivity index (χ3v) is 4.35. The number of hydrogen-bond acceptors (Lipinski definition) is 2. The SMILES string of the molecule is NC(=O)[C@H](N[C@@H]1CCc2c(Cl)cccc21)c1ccccc1. The molecule has 3 rings (SSSR count). The fourth-order valence-electron chi connectivity index (χ4n) is 2.97. The van der Waals surface area contributed by atoms with Crippen molar-refractivity contribution in [1.29, 1.82) is 0 Å². The highest BCUT2D eigenvalue weighted by molar-refractivity contribution is 6.31. The Hall–Kier alpha value is -1.84. The van der Waals surface area contributed by atoms with E-state index in [1.165, 1.54) is 11.1 Å². The van der Waals surface area contributed by atoms with Crippen LogP contribution >= 0.6 is 11.6 Å². The van der Waals surface area contributed by atoms with Crippen molar-refractivity contribution in [2.45, 2.75) is 24.9 Å². The van der Waals surface area contributed by atoms with E-state index >= 15 is 0 Å². The summed E-state index contributed by atoms with van der Waals surface area (Å²) < 4.78 is 0. The Bertz CT molecular complexity index is 657. The maximum absolute atomic E-state index is 11.8. The third kappa shape index (κ3) is 2.80. The molecule has 21 heavy (non-hydrogen) atoms. The largest absolute Gasteiger partial charge is 0.368 e. The highest BCUT2D eigenvalue weighted by atomic mass is 35.5. The van der Waals surface area contributed by atoms with Crippen molar-refractivity contribution >= 4 is 17.5 Å². The van der Waals surface area contributed by atoms with Crippen LogP contribution in [0.4, 0.5) is 0 Å². The standard InChI is InChI=1S/C17H17ClN2O/c18-14-8-4-7-13-12(14)9-10-15(13)20-16(17(19)21)11-5-2-1-3-6-11/h1-8,15-16,20H,9-10H2,(H2,19,21)/t15-,16-/m1/s1. The van der Waals surface area contributed by atoms with Crippen LogP contribution in [0.1, 0.15) is 35.2 Å². The first-order chi connectivity index (χ1) is 10.2. The maximum Gasteiger partial charge on any atom is 0.239 e. The maximum atomic E-state index is 11.8. The molecule has 2 aromatic rings. The van der Waals surface area contributed by atoms with Gasteiger partial charge in [-0.15, -0.1) is 0 Å². The van der Waals surface area contributed by atoms with Gasteiger partial charge in [0.25, 0.3) is 0 Å². The van der Waals surface area contributed by atoms with E-state index in [2.05, 4.69) is 11.4 Å². The summed E-state index contributed by atoms with van der Waals surface area (Å²) >= 11 is 6.23. The van der Waals surface area contributed by atoms with Crippen LogP contribution in [0.5, 0.6) is 0 Å². The first kappa shape index (κ1) is 14.1. The summed E-state index contributed by atoms with van der Waals surface area (Å²) in [6.07, 6.45) is 1.85. The van der Waals surface area contributed by atoms with Crippen LogP contribution < -0.4 is 11.1 Å². The lowest BCUT2D eigenvalue weighted by Gasteiger charge is -2.21. The molecule has 2 atom stereocenters. The van der Waals surface area contributed by atoms with E-state index < -0.39 is 6.04 Å². The van der Waals surface area contributed by atoms with Crippen LogP contribution in [0.25, 0.3) is 0 Å². The smallest absolute Gasteiger partial charge is 0.239 e. The van der Waals surface area contributed by atoms with Crippen molar-refractivity contribution in [3.8, 4) is 0 Å². The molecule has 3 N–H and O–H groups in total. The Morgan fingerprint density at radius 1 is 1.19 bits per heavy atom. The second-order valence-electron chi connectivity index (χ2n) is 5.31. The first-order valence-electron chi connectivity index (χ1n) is 7.04. The number of rotatable bonds is 4. The average molecular weight is 301 g/mol. The minimum Gasteiger partial charge on any atom is -0.368 e. The molecule has 1 aliphatic rings. The summed E-state index contributed by atoms with van der Waals surface area (Å²) in [5.74, 6) is -0.364. The molecule has 0 saturated heterocycles. The van der Waals surface area contributed by atoms with Gasteiger partial charge in [0.2, 0.25) is 5.91 Å². The summed E-state index contributed by atoms with van der Waals surface area (Å²) in [5.41, 5.74) is 8.80. The number of carbonyl (C=O) groups excluding carboxylic acids is 1. The molecule has 0 fully saturated rings.